The number of carbonyl (C=O) groups excluding carboxylic acids is 1. The number of halogens is 2. The van der Waals surface area contributed by atoms with Gasteiger partial charge < -0.3 is 4.74 Å². The molecule has 0 saturated heterocycles. The predicted molar refractivity (Wildman–Crippen MR) is 60.8 cm³/mol. The van der Waals surface area contributed by atoms with Gasteiger partial charge in [-0.15, -0.1) is 0 Å². The van der Waals surface area contributed by atoms with Gasteiger partial charge in [-0.1, -0.05) is 50.1 Å². The molecule has 2 nitrogen and oxygen atoms in total. The Morgan fingerprint density at radius 1 is 1.36 bits per heavy atom. The lowest BCUT2D eigenvalue weighted by Crippen LogP contribution is -2.10. The molecule has 1 fully saturated rings. The molecule has 1 unspecified atom stereocenters. The fourth-order valence-electron chi connectivity index (χ4n) is 1.09. The number of rotatable bonds is 2. The van der Waals surface area contributed by atoms with E-state index in [2.05, 4.69) is 31.9 Å². The SMILES string of the molecule is O=C(OC1CC1(Br)Br)c1ccccc1. The average molecular weight is 320 g/mol. The second kappa shape index (κ2) is 3.66. The lowest BCUT2D eigenvalue weighted by molar-refractivity contribution is 0.0472. The molecule has 1 atom stereocenters. The average Bonchev–Trinajstić information content (AvgIpc) is 2.75. The van der Waals surface area contributed by atoms with Crippen LogP contribution in [0.25, 0.3) is 0 Å². The van der Waals surface area contributed by atoms with E-state index in [1.165, 1.54) is 0 Å². The topological polar surface area (TPSA) is 26.3 Å². The predicted octanol–water partition coefficient (Wildman–Crippen LogP) is 3.10. The van der Waals surface area contributed by atoms with Crippen molar-refractivity contribution in [2.75, 3.05) is 0 Å². The summed E-state index contributed by atoms with van der Waals surface area (Å²) in [6, 6.07) is 8.99. The largest absolute Gasteiger partial charge is 0.456 e. The van der Waals surface area contributed by atoms with Crippen molar-refractivity contribution in [1.29, 1.82) is 0 Å². The van der Waals surface area contributed by atoms with Crippen molar-refractivity contribution in [2.24, 2.45) is 0 Å². The third-order valence-electron chi connectivity index (χ3n) is 2.03. The van der Waals surface area contributed by atoms with Gasteiger partial charge in [0.05, 0.1) is 5.56 Å². The van der Waals surface area contributed by atoms with Crippen LogP contribution in [0.2, 0.25) is 0 Å². The molecule has 1 aromatic carbocycles. The third kappa shape index (κ3) is 2.17. The minimum atomic E-state index is -0.267. The lowest BCUT2D eigenvalue weighted by atomic mass is 10.2. The fourth-order valence-corrected chi connectivity index (χ4v) is 1.86. The molecule has 0 heterocycles. The molecule has 74 valence electrons. The van der Waals surface area contributed by atoms with E-state index in [1.807, 2.05) is 18.2 Å². The Bertz CT molecular complexity index is 348. The minimum absolute atomic E-state index is 0.0600. The quantitative estimate of drug-likeness (QED) is 0.618. The first-order valence-electron chi connectivity index (χ1n) is 4.23. The molecular weight excluding hydrogens is 312 g/mol. The monoisotopic (exact) mass is 318 g/mol. The van der Waals surface area contributed by atoms with Gasteiger partial charge in [-0.3, -0.25) is 0 Å². The first-order chi connectivity index (χ1) is 6.59. The van der Waals surface area contributed by atoms with Gasteiger partial charge in [0.15, 0.2) is 0 Å². The number of carbonyl (C=O) groups is 1. The smallest absolute Gasteiger partial charge is 0.338 e. The second-order valence-corrected chi connectivity index (χ2v) is 7.12. The maximum absolute atomic E-state index is 11.5. The van der Waals surface area contributed by atoms with Gasteiger partial charge in [-0.2, -0.15) is 0 Å². The van der Waals surface area contributed by atoms with Crippen LogP contribution in [0.3, 0.4) is 0 Å². The summed E-state index contributed by atoms with van der Waals surface area (Å²) in [6.45, 7) is 0. The maximum Gasteiger partial charge on any atom is 0.338 e. The summed E-state index contributed by atoms with van der Waals surface area (Å²) in [4.78, 5) is 11.5. The Morgan fingerprint density at radius 3 is 2.43 bits per heavy atom. The van der Waals surface area contributed by atoms with Crippen molar-refractivity contribution in [3.05, 3.63) is 35.9 Å². The zero-order valence-electron chi connectivity index (χ0n) is 7.24. The molecule has 0 aliphatic heterocycles. The number of esters is 1. The van der Waals surface area contributed by atoms with Crippen molar-refractivity contribution in [1.82, 2.24) is 0 Å². The molecule has 0 amide bonds. The van der Waals surface area contributed by atoms with Crippen LogP contribution in [0.4, 0.5) is 0 Å². The van der Waals surface area contributed by atoms with Crippen molar-refractivity contribution in [3.63, 3.8) is 0 Å². The zero-order valence-corrected chi connectivity index (χ0v) is 10.4. The Kier molecular flexibility index (Phi) is 2.66. The Hall–Kier alpha value is -0.350. The summed E-state index contributed by atoms with van der Waals surface area (Å²) >= 11 is 6.79. The van der Waals surface area contributed by atoms with E-state index >= 15 is 0 Å². The fraction of sp³-hybridized carbons (Fsp3) is 0.300. The van der Waals surface area contributed by atoms with E-state index in [-0.39, 0.29) is 15.3 Å². The van der Waals surface area contributed by atoms with Crippen molar-refractivity contribution >= 4 is 37.8 Å². The lowest BCUT2D eigenvalue weighted by Gasteiger charge is -2.04. The molecule has 0 radical (unpaired) electrons. The molecule has 4 heteroatoms. The number of hydrogen-bond acceptors (Lipinski definition) is 2. The van der Waals surface area contributed by atoms with E-state index in [4.69, 9.17) is 4.74 Å². The number of alkyl halides is 2. The first kappa shape index (κ1) is 10.2. The highest BCUT2D eigenvalue weighted by Gasteiger charge is 2.53. The number of ether oxygens (including phenoxy) is 1. The summed E-state index contributed by atoms with van der Waals surface area (Å²) in [5.41, 5.74) is 0.593. The van der Waals surface area contributed by atoms with E-state index in [1.54, 1.807) is 12.1 Å². The standard InChI is InChI=1S/C10H8Br2O2/c11-10(12)6-8(10)14-9(13)7-4-2-1-3-5-7/h1-5,8H,6H2. The van der Waals surface area contributed by atoms with E-state index < -0.39 is 0 Å². The Labute approximate surface area is 98.9 Å². The van der Waals surface area contributed by atoms with Crippen LogP contribution in [0.1, 0.15) is 16.8 Å². The third-order valence-corrected chi connectivity index (χ3v) is 3.70. The normalized spacial score (nSPS) is 22.9. The van der Waals surface area contributed by atoms with Gasteiger partial charge in [-0.05, 0) is 12.1 Å². The van der Waals surface area contributed by atoms with Crippen LogP contribution in [-0.4, -0.2) is 15.3 Å². The molecule has 14 heavy (non-hydrogen) atoms. The number of hydrogen-bond donors (Lipinski definition) is 0. The van der Waals surface area contributed by atoms with Gasteiger partial charge in [0.25, 0.3) is 0 Å². The van der Waals surface area contributed by atoms with Gasteiger partial charge >= 0.3 is 5.97 Å². The minimum Gasteiger partial charge on any atom is -0.456 e. The summed E-state index contributed by atoms with van der Waals surface area (Å²) < 4.78 is 5.04. The molecule has 0 aromatic heterocycles. The maximum atomic E-state index is 11.5. The van der Waals surface area contributed by atoms with Crippen LogP contribution in [0.5, 0.6) is 0 Å². The van der Waals surface area contributed by atoms with Crippen LogP contribution >= 0.6 is 31.9 Å². The Balaban J connectivity index is 1.98. The zero-order chi connectivity index (χ0) is 10.2. The molecular formula is C10H8Br2O2. The van der Waals surface area contributed by atoms with E-state index in [0.717, 1.165) is 6.42 Å². The van der Waals surface area contributed by atoms with Gasteiger partial charge in [0.1, 0.15) is 9.34 Å². The van der Waals surface area contributed by atoms with Crippen molar-refractivity contribution in [2.45, 2.75) is 15.8 Å². The molecule has 1 aliphatic carbocycles. The van der Waals surface area contributed by atoms with Crippen molar-refractivity contribution in [3.8, 4) is 0 Å². The molecule has 2 rings (SSSR count). The summed E-state index contributed by atoms with van der Waals surface area (Å²) in [5.74, 6) is -0.267. The highest BCUT2D eigenvalue weighted by Crippen LogP contribution is 2.52. The van der Waals surface area contributed by atoms with Crippen molar-refractivity contribution < 1.29 is 9.53 Å². The van der Waals surface area contributed by atoms with Crippen LogP contribution in [0, 0.1) is 0 Å². The first-order valence-corrected chi connectivity index (χ1v) is 5.82. The van der Waals surface area contributed by atoms with Gasteiger partial charge in [0, 0.05) is 6.42 Å². The molecule has 1 saturated carbocycles. The highest BCUT2D eigenvalue weighted by atomic mass is 79.9. The van der Waals surface area contributed by atoms with Gasteiger partial charge in [-0.25, -0.2) is 4.79 Å². The summed E-state index contributed by atoms with van der Waals surface area (Å²) in [7, 11) is 0. The molecule has 1 aromatic rings. The highest BCUT2D eigenvalue weighted by molar-refractivity contribution is 9.25. The van der Waals surface area contributed by atoms with Crippen LogP contribution in [0.15, 0.2) is 30.3 Å². The van der Waals surface area contributed by atoms with E-state index in [9.17, 15) is 4.79 Å². The number of benzene rings is 1. The second-order valence-electron chi connectivity index (χ2n) is 3.23. The molecule has 0 spiro atoms. The summed E-state index contributed by atoms with van der Waals surface area (Å²) in [5, 5.41) is 0. The molecule has 0 bridgehead atoms. The van der Waals surface area contributed by atoms with E-state index in [0.29, 0.717) is 5.56 Å². The Morgan fingerprint density at radius 2 is 1.93 bits per heavy atom. The molecule has 0 N–H and O–H groups in total. The molecule has 1 aliphatic rings. The van der Waals surface area contributed by atoms with Crippen LogP contribution < -0.4 is 0 Å². The summed E-state index contributed by atoms with van der Waals surface area (Å²) in [6.07, 6.45) is 0.751. The van der Waals surface area contributed by atoms with Crippen LogP contribution in [-0.2, 0) is 4.74 Å². The van der Waals surface area contributed by atoms with Gasteiger partial charge in [0.2, 0.25) is 0 Å².